The van der Waals surface area contributed by atoms with E-state index in [1.54, 1.807) is 18.2 Å². The number of anilines is 1. The number of nitrogens with zero attached hydrogens (tertiary/aromatic N) is 2. The molecule has 6 nitrogen and oxygen atoms in total. The highest BCUT2D eigenvalue weighted by molar-refractivity contribution is 7.16. The van der Waals surface area contributed by atoms with Crippen LogP contribution in [0.2, 0.25) is 0 Å². The number of benzene rings is 1. The molecule has 150 valence electrons. The Morgan fingerprint density at radius 1 is 1.30 bits per heavy atom. The summed E-state index contributed by atoms with van der Waals surface area (Å²) in [5.74, 6) is 2.73. The summed E-state index contributed by atoms with van der Waals surface area (Å²) in [6.07, 6.45) is 10.6. The van der Waals surface area contributed by atoms with Gasteiger partial charge in [0.25, 0.3) is 5.91 Å². The Bertz CT molecular complexity index is 1130. The molecule has 0 unspecified atom stereocenters. The maximum absolute atomic E-state index is 12.7. The van der Waals surface area contributed by atoms with E-state index in [0.29, 0.717) is 27.6 Å². The molecule has 3 rings (SSSR count). The molecular weight excluding hydrogens is 398 g/mol. The van der Waals surface area contributed by atoms with Gasteiger partial charge in [-0.2, -0.15) is 10.5 Å². The number of hydrogen-bond acceptors (Lipinski definition) is 6. The molecule has 1 heterocycles. The van der Waals surface area contributed by atoms with Crippen molar-refractivity contribution in [2.24, 2.45) is 0 Å². The molecule has 0 saturated heterocycles. The fraction of sp³-hybridized carbons (Fsp3) is 0.261. The fourth-order valence-corrected chi connectivity index (χ4v) is 4.51. The zero-order valence-electron chi connectivity index (χ0n) is 16.4. The Morgan fingerprint density at radius 3 is 2.80 bits per heavy atom. The van der Waals surface area contributed by atoms with Crippen molar-refractivity contribution in [3.8, 4) is 36.0 Å². The molecule has 1 aromatic heterocycles. The number of nitrogens with one attached hydrogen (secondary N) is 1. The minimum absolute atomic E-state index is 0.0791. The molecule has 1 aliphatic carbocycles. The lowest BCUT2D eigenvalue weighted by Crippen LogP contribution is -2.13. The van der Waals surface area contributed by atoms with E-state index in [0.717, 1.165) is 36.1 Å². The largest absolute Gasteiger partial charge is 0.493 e. The summed E-state index contributed by atoms with van der Waals surface area (Å²) in [4.78, 5) is 13.9. The number of carbonyl (C=O) groups excluding carboxylic acids is 1. The second-order valence-corrected chi connectivity index (χ2v) is 7.66. The summed E-state index contributed by atoms with van der Waals surface area (Å²) in [7, 11) is 1.49. The first kappa shape index (κ1) is 21.0. The Morgan fingerprint density at radius 2 is 2.10 bits per heavy atom. The highest BCUT2D eigenvalue weighted by atomic mass is 32.1. The topological polar surface area (TPSA) is 95.1 Å². The second-order valence-electron chi connectivity index (χ2n) is 6.55. The van der Waals surface area contributed by atoms with Gasteiger partial charge in [0.1, 0.15) is 29.3 Å². The smallest absolute Gasteiger partial charge is 0.266 e. The summed E-state index contributed by atoms with van der Waals surface area (Å²) < 4.78 is 10.7. The van der Waals surface area contributed by atoms with Gasteiger partial charge in [-0.25, -0.2) is 0 Å². The van der Waals surface area contributed by atoms with Gasteiger partial charge in [-0.3, -0.25) is 4.79 Å². The van der Waals surface area contributed by atoms with E-state index in [1.807, 2.05) is 6.07 Å². The maximum atomic E-state index is 12.7. The fourth-order valence-electron chi connectivity index (χ4n) is 3.27. The van der Waals surface area contributed by atoms with Crippen molar-refractivity contribution in [3.63, 3.8) is 0 Å². The normalized spacial score (nSPS) is 12.7. The van der Waals surface area contributed by atoms with Gasteiger partial charge in [0, 0.05) is 4.88 Å². The van der Waals surface area contributed by atoms with Gasteiger partial charge < -0.3 is 14.8 Å². The lowest BCUT2D eigenvalue weighted by atomic mass is 9.96. The lowest BCUT2D eigenvalue weighted by molar-refractivity contribution is -0.112. The number of thiophene rings is 1. The van der Waals surface area contributed by atoms with Gasteiger partial charge in [-0.05, 0) is 55.0 Å². The van der Waals surface area contributed by atoms with Gasteiger partial charge in [0.05, 0.1) is 12.7 Å². The van der Waals surface area contributed by atoms with Crippen LogP contribution in [0.1, 0.15) is 34.4 Å². The van der Waals surface area contributed by atoms with E-state index >= 15 is 0 Å². The molecule has 0 fully saturated rings. The molecule has 1 aromatic carbocycles. The maximum Gasteiger partial charge on any atom is 0.266 e. The van der Waals surface area contributed by atoms with Crippen LogP contribution in [0.5, 0.6) is 11.5 Å². The number of nitriles is 2. The van der Waals surface area contributed by atoms with Crippen LogP contribution in [0.15, 0.2) is 23.8 Å². The third-order valence-electron chi connectivity index (χ3n) is 4.68. The van der Waals surface area contributed by atoms with Gasteiger partial charge in [0.15, 0.2) is 11.5 Å². The van der Waals surface area contributed by atoms with Crippen LogP contribution >= 0.6 is 11.3 Å². The van der Waals surface area contributed by atoms with E-state index in [1.165, 1.54) is 24.5 Å². The molecule has 0 spiro atoms. The Labute approximate surface area is 179 Å². The average Bonchev–Trinajstić information content (AvgIpc) is 3.12. The van der Waals surface area contributed by atoms with Crippen LogP contribution in [0.25, 0.3) is 6.08 Å². The van der Waals surface area contributed by atoms with Crippen molar-refractivity contribution < 1.29 is 14.3 Å². The SMILES string of the molecule is C#CCOc1ccc(/C=C(\C#N)C(=O)Nc2sc3c(c2C#N)CCCC3)cc1OC. The highest BCUT2D eigenvalue weighted by Crippen LogP contribution is 2.38. The van der Waals surface area contributed by atoms with E-state index in [4.69, 9.17) is 15.9 Å². The Hall–Kier alpha value is -3.73. The molecule has 0 saturated carbocycles. The lowest BCUT2D eigenvalue weighted by Gasteiger charge is -2.09. The Kier molecular flexibility index (Phi) is 6.75. The quantitative estimate of drug-likeness (QED) is 0.434. The molecule has 7 heteroatoms. The van der Waals surface area contributed by atoms with Gasteiger partial charge in [0.2, 0.25) is 0 Å². The number of methoxy groups -OCH3 is 1. The highest BCUT2D eigenvalue weighted by Gasteiger charge is 2.22. The second kappa shape index (κ2) is 9.65. The minimum Gasteiger partial charge on any atom is -0.493 e. The van der Waals surface area contributed by atoms with Crippen LogP contribution in [-0.2, 0) is 17.6 Å². The van der Waals surface area contributed by atoms with E-state index < -0.39 is 5.91 Å². The van der Waals surface area contributed by atoms with Crippen molar-refractivity contribution >= 4 is 28.3 Å². The van der Waals surface area contributed by atoms with E-state index in [9.17, 15) is 15.3 Å². The number of terminal acetylenes is 1. The van der Waals surface area contributed by atoms with Crippen molar-refractivity contribution in [1.82, 2.24) is 0 Å². The summed E-state index contributed by atoms with van der Waals surface area (Å²) >= 11 is 1.42. The number of ether oxygens (including phenoxy) is 2. The molecule has 30 heavy (non-hydrogen) atoms. The molecule has 2 aromatic rings. The van der Waals surface area contributed by atoms with Crippen LogP contribution < -0.4 is 14.8 Å². The monoisotopic (exact) mass is 417 g/mol. The first-order chi connectivity index (χ1) is 14.6. The predicted molar refractivity (Wildman–Crippen MR) is 115 cm³/mol. The van der Waals surface area contributed by atoms with E-state index in [2.05, 4.69) is 17.3 Å². The average molecular weight is 417 g/mol. The summed E-state index contributed by atoms with van der Waals surface area (Å²) in [5, 5.41) is 22.3. The van der Waals surface area contributed by atoms with Crippen molar-refractivity contribution in [2.75, 3.05) is 19.0 Å². The minimum atomic E-state index is -0.556. The van der Waals surface area contributed by atoms with Crippen LogP contribution in [-0.4, -0.2) is 19.6 Å². The molecule has 1 amide bonds. The summed E-state index contributed by atoms with van der Waals surface area (Å²) in [6.45, 7) is 0.101. The van der Waals surface area contributed by atoms with Crippen LogP contribution in [0.4, 0.5) is 5.00 Å². The molecule has 1 aliphatic rings. The third kappa shape index (κ3) is 4.46. The zero-order valence-corrected chi connectivity index (χ0v) is 17.3. The molecule has 0 bridgehead atoms. The number of rotatable bonds is 6. The number of amides is 1. The van der Waals surface area contributed by atoms with Crippen LogP contribution in [0, 0.1) is 35.0 Å². The van der Waals surface area contributed by atoms with Gasteiger partial charge in [-0.1, -0.05) is 12.0 Å². The van der Waals surface area contributed by atoms with E-state index in [-0.39, 0.29) is 12.2 Å². The molecule has 0 radical (unpaired) electrons. The van der Waals surface area contributed by atoms with Crippen molar-refractivity contribution in [3.05, 3.63) is 45.3 Å². The molecule has 1 N–H and O–H groups in total. The van der Waals surface area contributed by atoms with Crippen LogP contribution in [0.3, 0.4) is 0 Å². The van der Waals surface area contributed by atoms with Crippen molar-refractivity contribution in [1.29, 1.82) is 10.5 Å². The van der Waals surface area contributed by atoms with Gasteiger partial charge >= 0.3 is 0 Å². The summed E-state index contributed by atoms with van der Waals surface area (Å²) in [5.41, 5.74) is 2.05. The first-order valence-corrected chi connectivity index (χ1v) is 10.1. The molecule has 0 aliphatic heterocycles. The third-order valence-corrected chi connectivity index (χ3v) is 5.89. The zero-order chi connectivity index (χ0) is 21.5. The number of carbonyl (C=O) groups is 1. The van der Waals surface area contributed by atoms with Gasteiger partial charge in [-0.15, -0.1) is 17.8 Å². The number of fused-ring (bicyclic) bond motifs is 1. The molecule has 0 atom stereocenters. The first-order valence-electron chi connectivity index (χ1n) is 9.33. The van der Waals surface area contributed by atoms with Crippen molar-refractivity contribution in [2.45, 2.75) is 25.7 Å². The standard InChI is InChI=1S/C23H19N3O3S/c1-3-10-29-19-9-8-15(12-20(19)28-2)11-16(13-24)22(27)26-23-18(14-25)17-6-4-5-7-21(17)30-23/h1,8-9,11-12H,4-7,10H2,2H3,(H,26,27)/b16-11+. The number of aryl methyl sites for hydroxylation is 1. The Balaban J connectivity index is 1.84. The summed E-state index contributed by atoms with van der Waals surface area (Å²) in [6, 6.07) is 9.15. The number of hydrogen-bond donors (Lipinski definition) is 1. The predicted octanol–water partition coefficient (Wildman–Crippen LogP) is 4.06. The molecular formula is C23H19N3O3S.